The maximum Gasteiger partial charge on any atom is 0.160 e. The van der Waals surface area contributed by atoms with Crippen LogP contribution >= 0.6 is 0 Å². The summed E-state index contributed by atoms with van der Waals surface area (Å²) in [5, 5.41) is 10.5. The van der Waals surface area contributed by atoms with Crippen LogP contribution in [0.3, 0.4) is 0 Å². The minimum absolute atomic E-state index is 0.183. The first kappa shape index (κ1) is 20.1. The van der Waals surface area contributed by atoms with Gasteiger partial charge in [-0.25, -0.2) is 0 Å². The molecule has 0 aromatic heterocycles. The summed E-state index contributed by atoms with van der Waals surface area (Å²) < 4.78 is 5.79. The lowest BCUT2D eigenvalue weighted by Crippen LogP contribution is -2.42. The van der Waals surface area contributed by atoms with Gasteiger partial charge in [0.25, 0.3) is 0 Å². The Bertz CT molecular complexity index is 276. The van der Waals surface area contributed by atoms with Crippen LogP contribution in [0.1, 0.15) is 54.4 Å². The Balaban J connectivity index is 4.48. The van der Waals surface area contributed by atoms with E-state index in [-0.39, 0.29) is 10.8 Å². The minimum atomic E-state index is -0.997. The average Bonchev–Trinajstić information content (AvgIpc) is 2.19. The number of rotatable bonds is 8. The zero-order valence-corrected chi connectivity index (χ0v) is 16.3. The second kappa shape index (κ2) is 7.41. The summed E-state index contributed by atoms with van der Waals surface area (Å²) in [4.78, 5) is 0. The van der Waals surface area contributed by atoms with Crippen molar-refractivity contribution in [3.63, 3.8) is 0 Å². The number of hydrogen-bond donors (Lipinski definition) is 1. The highest BCUT2D eigenvalue weighted by atomic mass is 28.3. The van der Waals surface area contributed by atoms with Crippen LogP contribution in [0.15, 0.2) is 0 Å². The van der Waals surface area contributed by atoms with Gasteiger partial charge in [-0.15, -0.1) is 0 Å². The highest BCUT2D eigenvalue weighted by Gasteiger charge is 2.40. The van der Waals surface area contributed by atoms with Crippen LogP contribution in [0, 0.1) is 16.7 Å². The Morgan fingerprint density at radius 2 is 1.55 bits per heavy atom. The zero-order chi connectivity index (χ0) is 16.2. The molecule has 0 spiro atoms. The van der Waals surface area contributed by atoms with Gasteiger partial charge >= 0.3 is 0 Å². The second-order valence-corrected chi connectivity index (χ2v) is 14.9. The lowest BCUT2D eigenvalue weighted by molar-refractivity contribution is -0.193. The Hall–Kier alpha value is 0.137. The zero-order valence-electron chi connectivity index (χ0n) is 15.3. The van der Waals surface area contributed by atoms with Crippen molar-refractivity contribution in [1.82, 2.24) is 0 Å². The van der Waals surface area contributed by atoms with Gasteiger partial charge in [0.2, 0.25) is 0 Å². The summed E-state index contributed by atoms with van der Waals surface area (Å²) in [6.07, 6.45) is 1.37. The molecule has 0 bridgehead atoms. The van der Waals surface area contributed by atoms with E-state index in [2.05, 4.69) is 61.2 Å². The Morgan fingerprint density at radius 3 is 1.90 bits per heavy atom. The molecule has 2 atom stereocenters. The molecule has 0 fully saturated rings. The molecule has 0 aliphatic rings. The molecule has 0 aliphatic heterocycles. The number of aliphatic hydroxyl groups is 1. The van der Waals surface area contributed by atoms with E-state index in [1.54, 1.807) is 0 Å². The van der Waals surface area contributed by atoms with Gasteiger partial charge in [0.1, 0.15) is 0 Å². The minimum Gasteiger partial charge on any atom is -0.367 e. The van der Waals surface area contributed by atoms with E-state index in [4.69, 9.17) is 4.74 Å². The third-order valence-electron chi connectivity index (χ3n) is 4.14. The average molecular weight is 303 g/mol. The molecule has 20 heavy (non-hydrogen) atoms. The fraction of sp³-hybridized carbons (Fsp3) is 1.00. The lowest BCUT2D eigenvalue weighted by atomic mass is 9.68. The fourth-order valence-corrected chi connectivity index (χ4v) is 3.91. The molecule has 0 rings (SSSR count). The SMILES string of the molecule is CC(C)C(C)(CC(C)(C)C)C(O)OCCC[Si](C)(C)C. The van der Waals surface area contributed by atoms with Crippen molar-refractivity contribution in [2.24, 2.45) is 16.7 Å². The summed E-state index contributed by atoms with van der Waals surface area (Å²) in [7, 11) is -0.997. The van der Waals surface area contributed by atoms with E-state index in [1.807, 2.05) is 0 Å². The van der Waals surface area contributed by atoms with Gasteiger partial charge in [-0.3, -0.25) is 0 Å². The van der Waals surface area contributed by atoms with Gasteiger partial charge in [-0.2, -0.15) is 0 Å². The molecule has 122 valence electrons. The van der Waals surface area contributed by atoms with Crippen molar-refractivity contribution in [2.45, 2.75) is 86.4 Å². The van der Waals surface area contributed by atoms with E-state index < -0.39 is 14.4 Å². The molecular formula is C17H38O2Si. The van der Waals surface area contributed by atoms with Crippen molar-refractivity contribution in [1.29, 1.82) is 0 Å². The van der Waals surface area contributed by atoms with Gasteiger partial charge in [0.05, 0.1) is 0 Å². The summed E-state index contributed by atoms with van der Waals surface area (Å²) in [5.41, 5.74) is 0.0130. The number of aliphatic hydroxyl groups excluding tert-OH is 1. The van der Waals surface area contributed by atoms with Crippen molar-refractivity contribution in [3.05, 3.63) is 0 Å². The second-order valence-electron chi connectivity index (χ2n) is 9.29. The topological polar surface area (TPSA) is 29.5 Å². The fourth-order valence-electron chi connectivity index (χ4n) is 2.71. The summed E-state index contributed by atoms with van der Waals surface area (Å²) in [5.74, 6) is 0.397. The van der Waals surface area contributed by atoms with Crippen LogP contribution in [0.4, 0.5) is 0 Å². The van der Waals surface area contributed by atoms with Crippen LogP contribution in [0.25, 0.3) is 0 Å². The third-order valence-corrected chi connectivity index (χ3v) is 5.99. The number of hydrogen-bond acceptors (Lipinski definition) is 2. The molecule has 3 heteroatoms. The van der Waals surface area contributed by atoms with Crippen molar-refractivity contribution in [3.8, 4) is 0 Å². The largest absolute Gasteiger partial charge is 0.367 e. The molecule has 2 unspecified atom stereocenters. The normalized spacial score (nSPS) is 18.1. The quantitative estimate of drug-likeness (QED) is 0.382. The standard InChI is InChI=1S/C17H38O2Si/c1-14(2)17(6,13-16(3,4)5)15(18)19-11-10-12-20(7,8)9/h14-15,18H,10-13H2,1-9H3. The first-order chi connectivity index (χ1) is 8.78. The highest BCUT2D eigenvalue weighted by Crippen LogP contribution is 2.42. The van der Waals surface area contributed by atoms with Gasteiger partial charge in [0.15, 0.2) is 6.29 Å². The maximum absolute atomic E-state index is 10.5. The van der Waals surface area contributed by atoms with Crippen molar-refractivity contribution >= 4 is 8.07 Å². The molecule has 0 aromatic carbocycles. The van der Waals surface area contributed by atoms with Crippen molar-refractivity contribution in [2.75, 3.05) is 6.61 Å². The van der Waals surface area contributed by atoms with E-state index >= 15 is 0 Å². The first-order valence-electron chi connectivity index (χ1n) is 8.08. The molecular weight excluding hydrogens is 264 g/mol. The monoisotopic (exact) mass is 302 g/mol. The molecule has 2 nitrogen and oxygen atoms in total. The van der Waals surface area contributed by atoms with E-state index in [0.29, 0.717) is 12.5 Å². The van der Waals surface area contributed by atoms with Gasteiger partial charge in [0, 0.05) is 20.1 Å². The first-order valence-corrected chi connectivity index (χ1v) is 11.8. The van der Waals surface area contributed by atoms with E-state index in [0.717, 1.165) is 12.8 Å². The van der Waals surface area contributed by atoms with Gasteiger partial charge < -0.3 is 9.84 Å². The van der Waals surface area contributed by atoms with Crippen LogP contribution in [-0.4, -0.2) is 26.1 Å². The molecule has 0 saturated heterocycles. The van der Waals surface area contributed by atoms with Crippen LogP contribution in [-0.2, 0) is 4.74 Å². The Morgan fingerprint density at radius 1 is 1.05 bits per heavy atom. The molecule has 0 aliphatic carbocycles. The van der Waals surface area contributed by atoms with E-state index in [1.165, 1.54) is 6.04 Å². The van der Waals surface area contributed by atoms with Crippen LogP contribution < -0.4 is 0 Å². The molecule has 1 N–H and O–H groups in total. The smallest absolute Gasteiger partial charge is 0.160 e. The Labute approximate surface area is 128 Å². The summed E-state index contributed by atoms with van der Waals surface area (Å²) in [6.45, 7) is 21.0. The maximum atomic E-state index is 10.5. The molecule has 0 heterocycles. The van der Waals surface area contributed by atoms with Crippen LogP contribution in [0.2, 0.25) is 25.7 Å². The van der Waals surface area contributed by atoms with Gasteiger partial charge in [-0.05, 0) is 24.2 Å². The lowest BCUT2D eigenvalue weighted by Gasteiger charge is -2.42. The predicted octanol–water partition coefficient (Wildman–Crippen LogP) is 5.15. The number of ether oxygens (including phenoxy) is 1. The molecule has 0 amide bonds. The van der Waals surface area contributed by atoms with E-state index in [9.17, 15) is 5.11 Å². The van der Waals surface area contributed by atoms with Crippen molar-refractivity contribution < 1.29 is 9.84 Å². The summed E-state index contributed by atoms with van der Waals surface area (Å²) in [6, 6.07) is 1.26. The molecule has 0 saturated carbocycles. The predicted molar refractivity (Wildman–Crippen MR) is 91.7 cm³/mol. The molecule has 0 radical (unpaired) electrons. The van der Waals surface area contributed by atoms with Crippen LogP contribution in [0.5, 0.6) is 0 Å². The highest BCUT2D eigenvalue weighted by molar-refractivity contribution is 6.76. The molecule has 0 aromatic rings. The summed E-state index contributed by atoms with van der Waals surface area (Å²) >= 11 is 0. The Kier molecular flexibility index (Phi) is 7.47. The van der Waals surface area contributed by atoms with Gasteiger partial charge in [-0.1, -0.05) is 67.2 Å². The third kappa shape index (κ3) is 7.80.